The van der Waals surface area contributed by atoms with E-state index in [0.717, 1.165) is 0 Å². The van der Waals surface area contributed by atoms with Crippen molar-refractivity contribution in [1.82, 2.24) is 0 Å². The molecule has 0 fully saturated rings. The van der Waals surface area contributed by atoms with E-state index in [0.29, 0.717) is 45.6 Å². The van der Waals surface area contributed by atoms with Gasteiger partial charge in [0.2, 0.25) is 11.5 Å². The van der Waals surface area contributed by atoms with E-state index in [4.69, 9.17) is 33.2 Å². The molecule has 1 aliphatic heterocycles. The molecule has 1 aliphatic rings. The molecule has 0 saturated carbocycles. The molecular formula is C21H24O8. The molecule has 0 aromatic heterocycles. The molecule has 1 atom stereocenters. The molecule has 29 heavy (non-hydrogen) atoms. The Bertz CT molecular complexity index is 896. The minimum Gasteiger partial charge on any atom is -0.496 e. The molecule has 3 rings (SSSR count). The maximum absolute atomic E-state index is 13.0. The second-order valence-electron chi connectivity index (χ2n) is 6.21. The molecule has 0 amide bonds. The Labute approximate surface area is 169 Å². The third kappa shape index (κ3) is 3.46. The lowest BCUT2D eigenvalue weighted by Gasteiger charge is -2.29. The molecular weight excluding hydrogens is 380 g/mol. The lowest BCUT2D eigenvalue weighted by molar-refractivity contribution is 0.0834. The number of methoxy groups -OCH3 is 6. The van der Waals surface area contributed by atoms with Crippen molar-refractivity contribution in [3.05, 3.63) is 29.3 Å². The topological polar surface area (TPSA) is 81.7 Å². The monoisotopic (exact) mass is 404 g/mol. The van der Waals surface area contributed by atoms with Crippen LogP contribution in [-0.4, -0.2) is 48.4 Å². The van der Waals surface area contributed by atoms with Crippen molar-refractivity contribution < 1.29 is 38.0 Å². The molecule has 8 heteroatoms. The molecule has 1 unspecified atom stereocenters. The molecule has 8 nitrogen and oxygen atoms in total. The largest absolute Gasteiger partial charge is 0.496 e. The maximum atomic E-state index is 13.0. The summed E-state index contributed by atoms with van der Waals surface area (Å²) >= 11 is 0. The standard InChI is InChI=1S/C21H24O8/c1-23-14-10-17(26-4)20(28-6)21-18(14)12(22)9-13(29-21)11-7-15(24-2)19(27-5)16(8-11)25-3/h7-8,10,13H,9H2,1-6H3. The van der Waals surface area contributed by atoms with Crippen LogP contribution in [0.5, 0.6) is 40.2 Å². The number of fused-ring (bicyclic) bond motifs is 1. The first kappa shape index (κ1) is 20.4. The van der Waals surface area contributed by atoms with Gasteiger partial charge in [0.25, 0.3) is 0 Å². The fourth-order valence-corrected chi connectivity index (χ4v) is 3.40. The van der Waals surface area contributed by atoms with E-state index in [1.54, 1.807) is 18.2 Å². The summed E-state index contributed by atoms with van der Waals surface area (Å²) in [6, 6.07) is 5.13. The summed E-state index contributed by atoms with van der Waals surface area (Å²) in [7, 11) is 9.07. The van der Waals surface area contributed by atoms with Crippen LogP contribution in [-0.2, 0) is 0 Å². The van der Waals surface area contributed by atoms with Gasteiger partial charge in [0, 0.05) is 11.6 Å². The second-order valence-corrected chi connectivity index (χ2v) is 6.21. The Morgan fingerprint density at radius 1 is 0.724 bits per heavy atom. The number of ketones is 1. The molecule has 0 N–H and O–H groups in total. The maximum Gasteiger partial charge on any atom is 0.204 e. The van der Waals surface area contributed by atoms with Gasteiger partial charge < -0.3 is 33.2 Å². The summed E-state index contributed by atoms with van der Waals surface area (Å²) in [6.45, 7) is 0. The van der Waals surface area contributed by atoms with Crippen LogP contribution < -0.4 is 33.2 Å². The minimum atomic E-state index is -0.589. The number of carbonyl (C=O) groups is 1. The summed E-state index contributed by atoms with van der Waals surface area (Å²) in [4.78, 5) is 13.0. The van der Waals surface area contributed by atoms with Gasteiger partial charge in [0.1, 0.15) is 17.4 Å². The molecule has 0 saturated heterocycles. The van der Waals surface area contributed by atoms with Crippen molar-refractivity contribution in [2.75, 3.05) is 42.7 Å². The van der Waals surface area contributed by atoms with Crippen molar-refractivity contribution in [3.63, 3.8) is 0 Å². The summed E-state index contributed by atoms with van der Waals surface area (Å²) < 4.78 is 38.6. The lowest BCUT2D eigenvalue weighted by atomic mass is 9.94. The third-order valence-corrected chi connectivity index (χ3v) is 4.78. The van der Waals surface area contributed by atoms with E-state index in [9.17, 15) is 4.79 Å². The van der Waals surface area contributed by atoms with E-state index >= 15 is 0 Å². The minimum absolute atomic E-state index is 0.109. The number of benzene rings is 2. The van der Waals surface area contributed by atoms with Crippen molar-refractivity contribution >= 4 is 5.78 Å². The van der Waals surface area contributed by atoms with Crippen LogP contribution in [0.4, 0.5) is 0 Å². The predicted octanol–water partition coefficient (Wildman–Crippen LogP) is 3.44. The number of hydrogen-bond donors (Lipinski definition) is 0. The predicted molar refractivity (Wildman–Crippen MR) is 105 cm³/mol. The highest BCUT2D eigenvalue weighted by Gasteiger charge is 2.36. The SMILES string of the molecule is COc1cc(C2CC(=O)c3c(OC)cc(OC)c(OC)c3O2)cc(OC)c1OC. The highest BCUT2D eigenvalue weighted by atomic mass is 16.5. The van der Waals surface area contributed by atoms with Gasteiger partial charge in [-0.2, -0.15) is 0 Å². The molecule has 0 aliphatic carbocycles. The first-order chi connectivity index (χ1) is 14.0. The van der Waals surface area contributed by atoms with E-state index in [1.807, 2.05) is 0 Å². The summed E-state index contributed by atoms with van der Waals surface area (Å²) in [5.74, 6) is 2.64. The lowest BCUT2D eigenvalue weighted by Crippen LogP contribution is -2.22. The van der Waals surface area contributed by atoms with E-state index < -0.39 is 6.10 Å². The smallest absolute Gasteiger partial charge is 0.204 e. The normalized spacial score (nSPS) is 15.1. The van der Waals surface area contributed by atoms with E-state index in [1.165, 1.54) is 42.7 Å². The Morgan fingerprint density at radius 3 is 1.72 bits per heavy atom. The molecule has 2 aromatic carbocycles. The van der Waals surface area contributed by atoms with Crippen LogP contribution in [0.1, 0.15) is 28.4 Å². The van der Waals surface area contributed by atoms with Gasteiger partial charge in [-0.05, 0) is 12.1 Å². The molecule has 156 valence electrons. The van der Waals surface area contributed by atoms with Gasteiger partial charge in [0.05, 0.1) is 49.1 Å². The highest BCUT2D eigenvalue weighted by Crippen LogP contribution is 2.51. The number of rotatable bonds is 7. The fraction of sp³-hybridized carbons (Fsp3) is 0.381. The quantitative estimate of drug-likeness (QED) is 0.694. The zero-order chi connectivity index (χ0) is 21.1. The first-order valence-electron chi connectivity index (χ1n) is 8.85. The van der Waals surface area contributed by atoms with Crippen molar-refractivity contribution in [2.24, 2.45) is 0 Å². The molecule has 0 radical (unpaired) electrons. The van der Waals surface area contributed by atoms with Crippen LogP contribution in [0.2, 0.25) is 0 Å². The average molecular weight is 404 g/mol. The number of carbonyl (C=O) groups excluding carboxylic acids is 1. The molecule has 0 spiro atoms. The first-order valence-corrected chi connectivity index (χ1v) is 8.85. The second kappa shape index (κ2) is 8.38. The summed E-state index contributed by atoms with van der Waals surface area (Å²) in [5.41, 5.74) is 1.02. The van der Waals surface area contributed by atoms with Gasteiger partial charge in [-0.15, -0.1) is 0 Å². The van der Waals surface area contributed by atoms with Gasteiger partial charge >= 0.3 is 0 Å². The number of hydrogen-bond acceptors (Lipinski definition) is 8. The van der Waals surface area contributed by atoms with Gasteiger partial charge in [-0.25, -0.2) is 0 Å². The molecule has 1 heterocycles. The van der Waals surface area contributed by atoms with E-state index in [2.05, 4.69) is 0 Å². The number of Topliss-reactive ketones (excluding diaryl/α,β-unsaturated/α-hetero) is 1. The summed E-state index contributed by atoms with van der Waals surface area (Å²) in [6.07, 6.45) is -0.480. The molecule has 0 bridgehead atoms. The van der Waals surface area contributed by atoms with Crippen LogP contribution in [0.25, 0.3) is 0 Å². The van der Waals surface area contributed by atoms with E-state index in [-0.39, 0.29) is 18.0 Å². The Kier molecular flexibility index (Phi) is 5.91. The molecule has 2 aromatic rings. The number of ether oxygens (including phenoxy) is 7. The van der Waals surface area contributed by atoms with Crippen molar-refractivity contribution in [2.45, 2.75) is 12.5 Å². The van der Waals surface area contributed by atoms with Crippen molar-refractivity contribution in [3.8, 4) is 40.2 Å². The third-order valence-electron chi connectivity index (χ3n) is 4.78. The Morgan fingerprint density at radius 2 is 1.24 bits per heavy atom. The van der Waals surface area contributed by atoms with Crippen LogP contribution in [0.3, 0.4) is 0 Å². The Balaban J connectivity index is 2.13. The van der Waals surface area contributed by atoms with Crippen LogP contribution in [0, 0.1) is 0 Å². The van der Waals surface area contributed by atoms with Gasteiger partial charge in [0.15, 0.2) is 28.8 Å². The summed E-state index contributed by atoms with van der Waals surface area (Å²) in [5, 5.41) is 0. The Hall–Kier alpha value is -3.29. The fourth-order valence-electron chi connectivity index (χ4n) is 3.40. The van der Waals surface area contributed by atoms with Gasteiger partial charge in [-0.1, -0.05) is 0 Å². The van der Waals surface area contributed by atoms with Crippen LogP contribution >= 0.6 is 0 Å². The zero-order valence-electron chi connectivity index (χ0n) is 17.3. The van der Waals surface area contributed by atoms with Crippen molar-refractivity contribution in [1.29, 1.82) is 0 Å². The highest BCUT2D eigenvalue weighted by molar-refractivity contribution is 6.04. The van der Waals surface area contributed by atoms with Crippen LogP contribution in [0.15, 0.2) is 18.2 Å². The average Bonchev–Trinajstić information content (AvgIpc) is 2.76. The zero-order valence-corrected chi connectivity index (χ0v) is 17.3. The van der Waals surface area contributed by atoms with Gasteiger partial charge in [-0.3, -0.25) is 4.79 Å².